The van der Waals surface area contributed by atoms with E-state index in [0.29, 0.717) is 12.0 Å². The maximum Gasteiger partial charge on any atom is 0.324 e. The number of carboxylic acid groups (broad SMARTS) is 1. The third-order valence-corrected chi connectivity index (χ3v) is 5.35. The minimum atomic E-state index is -1.15. The highest BCUT2D eigenvalue weighted by atomic mass is 19.1. The number of benzene rings is 1. The van der Waals surface area contributed by atoms with Crippen LogP contribution in [-0.4, -0.2) is 64.7 Å². The number of likely N-dealkylation sites (N-methyl/N-ethyl adjacent to an activating group) is 2. The molecule has 0 bridgehead atoms. The van der Waals surface area contributed by atoms with Crippen molar-refractivity contribution in [2.24, 2.45) is 5.92 Å². The first-order chi connectivity index (χ1) is 11.8. The van der Waals surface area contributed by atoms with Crippen molar-refractivity contribution in [3.05, 3.63) is 35.6 Å². The summed E-state index contributed by atoms with van der Waals surface area (Å²) in [6.45, 7) is 1.81. The topological polar surface area (TPSA) is 81.1 Å². The van der Waals surface area contributed by atoms with Crippen LogP contribution in [0, 0.1) is 11.7 Å². The quantitative estimate of drug-likeness (QED) is 0.811. The van der Waals surface area contributed by atoms with Gasteiger partial charge in [0.1, 0.15) is 11.4 Å². The fourth-order valence-corrected chi connectivity index (χ4v) is 3.82. The van der Waals surface area contributed by atoms with Gasteiger partial charge in [0.15, 0.2) is 0 Å². The Balaban J connectivity index is 2.47. The second-order valence-electron chi connectivity index (χ2n) is 6.59. The van der Waals surface area contributed by atoms with Crippen LogP contribution in [0.5, 0.6) is 0 Å². The number of hydrogen-bond donors (Lipinski definition) is 2. The summed E-state index contributed by atoms with van der Waals surface area (Å²) < 4.78 is 13.3. The van der Waals surface area contributed by atoms with Gasteiger partial charge in [-0.2, -0.15) is 0 Å². The second-order valence-corrected chi connectivity index (χ2v) is 6.59. The van der Waals surface area contributed by atoms with Gasteiger partial charge in [0.2, 0.25) is 5.91 Å². The van der Waals surface area contributed by atoms with E-state index in [2.05, 4.69) is 0 Å². The molecule has 1 aliphatic rings. The second kappa shape index (κ2) is 7.49. The van der Waals surface area contributed by atoms with Crippen molar-refractivity contribution < 1.29 is 24.2 Å². The molecule has 1 heterocycles. The Morgan fingerprint density at radius 2 is 1.96 bits per heavy atom. The average molecular weight is 352 g/mol. The minimum Gasteiger partial charge on any atom is -0.480 e. The summed E-state index contributed by atoms with van der Waals surface area (Å²) in [7, 11) is 3.29. The first-order valence-corrected chi connectivity index (χ1v) is 8.36. The van der Waals surface area contributed by atoms with Crippen LogP contribution in [-0.2, 0) is 9.59 Å². The van der Waals surface area contributed by atoms with E-state index < -0.39 is 23.5 Å². The fourth-order valence-electron chi connectivity index (χ4n) is 3.82. The van der Waals surface area contributed by atoms with E-state index in [0.717, 1.165) is 0 Å². The standard InChI is InChI=1S/C18H25FN2O4/c1-4-18(17(24)25)11-14(16(23)20(2)9-10-22)15(21(18)3)12-5-7-13(19)8-6-12/h5-8,14-15,22H,4,9-11H2,1-3H3,(H,24,25)/t14-,15-,18-/m0/s1. The smallest absolute Gasteiger partial charge is 0.324 e. The molecule has 1 aliphatic heterocycles. The number of aliphatic hydroxyl groups is 1. The molecule has 0 unspecified atom stereocenters. The zero-order valence-electron chi connectivity index (χ0n) is 14.8. The molecule has 1 fully saturated rings. The van der Waals surface area contributed by atoms with Crippen molar-refractivity contribution in [1.82, 2.24) is 9.80 Å². The molecule has 2 rings (SSSR count). The molecule has 0 aliphatic carbocycles. The monoisotopic (exact) mass is 352 g/mol. The van der Waals surface area contributed by atoms with Gasteiger partial charge in [0.25, 0.3) is 0 Å². The number of carboxylic acids is 1. The molecule has 1 aromatic rings. The van der Waals surface area contributed by atoms with E-state index in [-0.39, 0.29) is 31.3 Å². The van der Waals surface area contributed by atoms with Crippen LogP contribution < -0.4 is 0 Å². The summed E-state index contributed by atoms with van der Waals surface area (Å²) in [5.41, 5.74) is -0.449. The summed E-state index contributed by atoms with van der Waals surface area (Å²) in [5.74, 6) is -2.15. The Morgan fingerprint density at radius 3 is 2.44 bits per heavy atom. The fraction of sp³-hybridized carbons (Fsp3) is 0.556. The van der Waals surface area contributed by atoms with Crippen molar-refractivity contribution >= 4 is 11.9 Å². The van der Waals surface area contributed by atoms with Crippen molar-refractivity contribution in [2.75, 3.05) is 27.2 Å². The lowest BCUT2D eigenvalue weighted by atomic mass is 9.87. The van der Waals surface area contributed by atoms with Crippen LogP contribution >= 0.6 is 0 Å². The third kappa shape index (κ3) is 3.39. The lowest BCUT2D eigenvalue weighted by Crippen LogP contribution is -2.48. The van der Waals surface area contributed by atoms with Crippen molar-refractivity contribution in [3.63, 3.8) is 0 Å². The van der Waals surface area contributed by atoms with E-state index in [4.69, 9.17) is 5.11 Å². The molecule has 3 atom stereocenters. The predicted octanol–water partition coefficient (Wildman–Crippen LogP) is 1.50. The zero-order chi connectivity index (χ0) is 18.8. The van der Waals surface area contributed by atoms with Gasteiger partial charge in [0, 0.05) is 19.6 Å². The summed E-state index contributed by atoms with van der Waals surface area (Å²) in [5, 5.41) is 18.9. The molecule has 138 valence electrons. The molecule has 1 aromatic carbocycles. The molecule has 0 spiro atoms. The van der Waals surface area contributed by atoms with Gasteiger partial charge >= 0.3 is 5.97 Å². The molecular formula is C18H25FN2O4. The Hall–Kier alpha value is -1.99. The molecule has 0 saturated carbocycles. The largest absolute Gasteiger partial charge is 0.480 e. The number of aliphatic carboxylic acids is 1. The lowest BCUT2D eigenvalue weighted by molar-refractivity contribution is -0.150. The molecule has 0 radical (unpaired) electrons. The number of likely N-dealkylation sites (tertiary alicyclic amines) is 1. The van der Waals surface area contributed by atoms with Gasteiger partial charge in [0.05, 0.1) is 12.5 Å². The Morgan fingerprint density at radius 1 is 1.36 bits per heavy atom. The van der Waals surface area contributed by atoms with E-state index in [1.807, 2.05) is 0 Å². The average Bonchev–Trinajstić information content (AvgIpc) is 2.89. The van der Waals surface area contributed by atoms with Crippen molar-refractivity contribution in [1.29, 1.82) is 0 Å². The third-order valence-electron chi connectivity index (χ3n) is 5.35. The van der Waals surface area contributed by atoms with Crippen LogP contribution in [0.25, 0.3) is 0 Å². The van der Waals surface area contributed by atoms with Gasteiger partial charge in [-0.3, -0.25) is 14.5 Å². The van der Waals surface area contributed by atoms with Crippen molar-refractivity contribution in [3.8, 4) is 0 Å². The molecule has 25 heavy (non-hydrogen) atoms. The molecule has 6 nitrogen and oxygen atoms in total. The number of nitrogens with zero attached hydrogens (tertiary/aromatic N) is 2. The normalized spacial score (nSPS) is 26.6. The van der Waals surface area contributed by atoms with Gasteiger partial charge in [-0.1, -0.05) is 19.1 Å². The summed E-state index contributed by atoms with van der Waals surface area (Å²) in [6.07, 6.45) is 0.524. The SMILES string of the molecule is CC[C@@]1(C(=O)O)C[C@H](C(=O)N(C)CCO)[C@H](c2ccc(F)cc2)N1C. The van der Waals surface area contributed by atoms with Gasteiger partial charge in [-0.25, -0.2) is 4.39 Å². The van der Waals surface area contributed by atoms with Gasteiger partial charge < -0.3 is 15.1 Å². The number of carbonyl (C=O) groups is 2. The number of rotatable bonds is 6. The number of amides is 1. The highest BCUT2D eigenvalue weighted by Gasteiger charge is 2.56. The van der Waals surface area contributed by atoms with Crippen LogP contribution in [0.4, 0.5) is 4.39 Å². The van der Waals surface area contributed by atoms with Gasteiger partial charge in [-0.15, -0.1) is 0 Å². The Kier molecular flexibility index (Phi) is 5.80. The maximum absolute atomic E-state index is 13.3. The number of halogens is 1. The minimum absolute atomic E-state index is 0.163. The zero-order valence-corrected chi connectivity index (χ0v) is 14.8. The van der Waals surface area contributed by atoms with E-state index in [1.54, 1.807) is 38.1 Å². The summed E-state index contributed by atoms with van der Waals surface area (Å²) >= 11 is 0. The maximum atomic E-state index is 13.3. The van der Waals surface area contributed by atoms with Crippen LogP contribution in [0.15, 0.2) is 24.3 Å². The molecule has 7 heteroatoms. The number of aliphatic hydroxyl groups excluding tert-OH is 1. The molecule has 1 saturated heterocycles. The Bertz CT molecular complexity index is 636. The molecule has 1 amide bonds. The van der Waals surface area contributed by atoms with Crippen LogP contribution in [0.2, 0.25) is 0 Å². The number of hydrogen-bond acceptors (Lipinski definition) is 4. The highest BCUT2D eigenvalue weighted by molar-refractivity contribution is 5.85. The van der Waals surface area contributed by atoms with Gasteiger partial charge in [-0.05, 0) is 37.6 Å². The molecule has 0 aromatic heterocycles. The van der Waals surface area contributed by atoms with E-state index in [9.17, 15) is 19.1 Å². The van der Waals surface area contributed by atoms with Crippen LogP contribution in [0.3, 0.4) is 0 Å². The van der Waals surface area contributed by atoms with Crippen molar-refractivity contribution in [2.45, 2.75) is 31.3 Å². The predicted molar refractivity (Wildman–Crippen MR) is 90.4 cm³/mol. The molecule has 2 N–H and O–H groups in total. The van der Waals surface area contributed by atoms with E-state index in [1.165, 1.54) is 17.0 Å². The Labute approximate surface area is 146 Å². The first kappa shape index (κ1) is 19.3. The highest BCUT2D eigenvalue weighted by Crippen LogP contribution is 2.48. The van der Waals surface area contributed by atoms with Crippen LogP contribution in [0.1, 0.15) is 31.4 Å². The lowest BCUT2D eigenvalue weighted by Gasteiger charge is -2.34. The summed E-state index contributed by atoms with van der Waals surface area (Å²) in [4.78, 5) is 28.0. The van der Waals surface area contributed by atoms with E-state index >= 15 is 0 Å². The number of carbonyl (C=O) groups excluding carboxylic acids is 1. The first-order valence-electron chi connectivity index (χ1n) is 8.36. The molecular weight excluding hydrogens is 327 g/mol. The summed E-state index contributed by atoms with van der Waals surface area (Å²) in [6, 6.07) is 5.35.